The average Bonchev–Trinajstić information content (AvgIpc) is 3.03. The van der Waals surface area contributed by atoms with E-state index in [2.05, 4.69) is 22.6 Å². The van der Waals surface area contributed by atoms with E-state index in [1.165, 1.54) is 0 Å². The number of esters is 1. The molecule has 0 bridgehead atoms. The van der Waals surface area contributed by atoms with E-state index in [9.17, 15) is 4.79 Å². The van der Waals surface area contributed by atoms with Crippen LogP contribution in [-0.4, -0.2) is 19.2 Å². The fourth-order valence-electron chi connectivity index (χ4n) is 2.78. The first-order valence-electron chi connectivity index (χ1n) is 8.06. The number of fused-ring (bicyclic) bond motifs is 1. The molecule has 132 valence electrons. The number of benzene rings is 2. The van der Waals surface area contributed by atoms with E-state index in [-0.39, 0.29) is 12.4 Å². The first kappa shape index (κ1) is 18.3. The fourth-order valence-corrected chi connectivity index (χ4v) is 3.46. The predicted molar refractivity (Wildman–Crippen MR) is 105 cm³/mol. The summed E-state index contributed by atoms with van der Waals surface area (Å²) in [7, 11) is 0. The summed E-state index contributed by atoms with van der Waals surface area (Å²) in [5, 5.41) is 0.629. The Morgan fingerprint density at radius 3 is 2.84 bits per heavy atom. The largest absolute Gasteiger partial charge is 0.489 e. The van der Waals surface area contributed by atoms with Crippen molar-refractivity contribution < 1.29 is 19.0 Å². The van der Waals surface area contributed by atoms with Gasteiger partial charge in [0, 0.05) is 21.4 Å². The van der Waals surface area contributed by atoms with Crippen LogP contribution in [0.4, 0.5) is 0 Å². The lowest BCUT2D eigenvalue weighted by atomic mass is 10.1. The van der Waals surface area contributed by atoms with Crippen LogP contribution in [0.25, 0.3) is 0 Å². The minimum absolute atomic E-state index is 0.214. The molecular formula is C19H18ClIO4. The number of rotatable bonds is 6. The van der Waals surface area contributed by atoms with Gasteiger partial charge in [0.2, 0.25) is 0 Å². The smallest absolute Gasteiger partial charge is 0.310 e. The molecule has 6 heteroatoms. The summed E-state index contributed by atoms with van der Waals surface area (Å²) < 4.78 is 17.7. The molecule has 0 aliphatic carbocycles. The Balaban J connectivity index is 1.91. The summed E-state index contributed by atoms with van der Waals surface area (Å²) in [6.45, 7) is 2.79. The number of alkyl halides is 1. The van der Waals surface area contributed by atoms with Crippen LogP contribution in [-0.2, 0) is 26.8 Å². The zero-order valence-electron chi connectivity index (χ0n) is 13.8. The Kier molecular flexibility index (Phi) is 6.06. The van der Waals surface area contributed by atoms with Crippen LogP contribution >= 0.6 is 34.2 Å². The summed E-state index contributed by atoms with van der Waals surface area (Å²) >= 11 is 8.45. The number of halogens is 2. The lowest BCUT2D eigenvalue weighted by Crippen LogP contribution is -2.07. The van der Waals surface area contributed by atoms with E-state index in [0.29, 0.717) is 29.7 Å². The van der Waals surface area contributed by atoms with Gasteiger partial charge in [-0.15, -0.1) is 0 Å². The van der Waals surface area contributed by atoms with Crippen LogP contribution < -0.4 is 9.47 Å². The highest BCUT2D eigenvalue weighted by Gasteiger charge is 2.21. The highest BCUT2D eigenvalue weighted by molar-refractivity contribution is 14.1. The second kappa shape index (κ2) is 8.27. The van der Waals surface area contributed by atoms with E-state index >= 15 is 0 Å². The van der Waals surface area contributed by atoms with Gasteiger partial charge in [0.15, 0.2) is 11.5 Å². The number of hydrogen-bond acceptors (Lipinski definition) is 4. The second-order valence-electron chi connectivity index (χ2n) is 5.69. The normalized spacial score (nSPS) is 12.4. The monoisotopic (exact) mass is 472 g/mol. The molecule has 4 nitrogen and oxygen atoms in total. The van der Waals surface area contributed by atoms with E-state index in [1.54, 1.807) is 13.0 Å². The highest BCUT2D eigenvalue weighted by Crippen LogP contribution is 2.40. The quantitative estimate of drug-likeness (QED) is 0.333. The van der Waals surface area contributed by atoms with Crippen molar-refractivity contribution in [2.45, 2.75) is 24.2 Å². The molecule has 0 spiro atoms. The van der Waals surface area contributed by atoms with Crippen molar-refractivity contribution in [1.82, 2.24) is 0 Å². The van der Waals surface area contributed by atoms with Crippen molar-refractivity contribution in [2.24, 2.45) is 0 Å². The van der Waals surface area contributed by atoms with Crippen LogP contribution in [0.5, 0.6) is 17.2 Å². The Labute approximate surface area is 165 Å². The number of carbonyl (C=O) groups is 1. The van der Waals surface area contributed by atoms with Gasteiger partial charge in [-0.25, -0.2) is 0 Å². The number of ether oxygens (including phenoxy) is 3. The maximum atomic E-state index is 11.8. The molecule has 0 amide bonds. The van der Waals surface area contributed by atoms with Gasteiger partial charge in [-0.1, -0.05) is 40.3 Å². The SMILES string of the molecule is CCOC(=O)Cc1cc2c(c(Oc3cc(Cl)cc(CI)c3)c1)OCC2. The predicted octanol–water partition coefficient (Wildman–Crippen LogP) is 5.11. The van der Waals surface area contributed by atoms with Crippen molar-refractivity contribution in [3.63, 3.8) is 0 Å². The molecule has 0 aromatic heterocycles. The van der Waals surface area contributed by atoms with E-state index in [1.807, 2.05) is 24.3 Å². The van der Waals surface area contributed by atoms with Crippen LogP contribution in [0.15, 0.2) is 30.3 Å². The molecule has 1 aliphatic rings. The first-order valence-corrected chi connectivity index (χ1v) is 9.97. The maximum Gasteiger partial charge on any atom is 0.310 e. The van der Waals surface area contributed by atoms with Gasteiger partial charge in [0.05, 0.1) is 19.6 Å². The molecular weight excluding hydrogens is 455 g/mol. The Morgan fingerprint density at radius 2 is 2.08 bits per heavy atom. The standard InChI is InChI=1S/C19H18ClIO4/c1-2-23-18(22)9-12-5-14-3-4-24-19(14)17(8-12)25-16-7-13(11-21)6-15(20)10-16/h5-8,10H,2-4,9,11H2,1H3. The highest BCUT2D eigenvalue weighted by atomic mass is 127. The van der Waals surface area contributed by atoms with E-state index in [0.717, 1.165) is 33.3 Å². The fraction of sp³-hybridized carbons (Fsp3) is 0.316. The number of hydrogen-bond donors (Lipinski definition) is 0. The summed E-state index contributed by atoms with van der Waals surface area (Å²) in [5.74, 6) is 1.76. The Morgan fingerprint density at radius 1 is 1.24 bits per heavy atom. The zero-order valence-corrected chi connectivity index (χ0v) is 16.7. The lowest BCUT2D eigenvalue weighted by Gasteiger charge is -2.13. The molecule has 0 unspecified atom stereocenters. The van der Waals surface area contributed by atoms with Crippen molar-refractivity contribution >= 4 is 40.2 Å². The molecule has 1 aliphatic heterocycles. The number of carbonyl (C=O) groups excluding carboxylic acids is 1. The van der Waals surface area contributed by atoms with Crippen LogP contribution in [0.1, 0.15) is 23.6 Å². The summed E-state index contributed by atoms with van der Waals surface area (Å²) in [5.41, 5.74) is 2.99. The van der Waals surface area contributed by atoms with Crippen molar-refractivity contribution in [1.29, 1.82) is 0 Å². The third-order valence-corrected chi connectivity index (χ3v) is 4.88. The Hall–Kier alpha value is -1.47. The molecule has 25 heavy (non-hydrogen) atoms. The van der Waals surface area contributed by atoms with Gasteiger partial charge in [0.25, 0.3) is 0 Å². The topological polar surface area (TPSA) is 44.8 Å². The van der Waals surface area contributed by atoms with Crippen LogP contribution in [0.2, 0.25) is 5.02 Å². The minimum atomic E-state index is -0.248. The van der Waals surface area contributed by atoms with Gasteiger partial charge in [-0.3, -0.25) is 4.79 Å². The average molecular weight is 473 g/mol. The van der Waals surface area contributed by atoms with Crippen LogP contribution in [0, 0.1) is 0 Å². The summed E-state index contributed by atoms with van der Waals surface area (Å²) in [4.78, 5) is 11.8. The van der Waals surface area contributed by atoms with Gasteiger partial charge >= 0.3 is 5.97 Å². The molecule has 3 rings (SSSR count). The van der Waals surface area contributed by atoms with E-state index in [4.69, 9.17) is 25.8 Å². The van der Waals surface area contributed by atoms with Gasteiger partial charge in [-0.05, 0) is 42.3 Å². The zero-order chi connectivity index (χ0) is 17.8. The third kappa shape index (κ3) is 4.58. The molecule has 2 aromatic carbocycles. The summed E-state index contributed by atoms with van der Waals surface area (Å²) in [6, 6.07) is 9.47. The first-order chi connectivity index (χ1) is 12.1. The van der Waals surface area contributed by atoms with Crippen molar-refractivity contribution in [3.05, 3.63) is 52.0 Å². The molecule has 2 aromatic rings. The molecule has 1 heterocycles. The Bertz CT molecular complexity index is 791. The molecule has 0 saturated carbocycles. The minimum Gasteiger partial charge on any atom is -0.489 e. The molecule has 0 N–H and O–H groups in total. The summed E-state index contributed by atoms with van der Waals surface area (Å²) in [6.07, 6.45) is 1.02. The molecule has 0 radical (unpaired) electrons. The second-order valence-corrected chi connectivity index (χ2v) is 6.89. The van der Waals surface area contributed by atoms with Gasteiger partial charge in [-0.2, -0.15) is 0 Å². The maximum absolute atomic E-state index is 11.8. The molecule has 0 fully saturated rings. The van der Waals surface area contributed by atoms with Gasteiger partial charge < -0.3 is 14.2 Å². The van der Waals surface area contributed by atoms with Crippen LogP contribution in [0.3, 0.4) is 0 Å². The van der Waals surface area contributed by atoms with Gasteiger partial charge in [0.1, 0.15) is 5.75 Å². The lowest BCUT2D eigenvalue weighted by molar-refractivity contribution is -0.142. The molecule has 0 saturated heterocycles. The van der Waals surface area contributed by atoms with E-state index < -0.39 is 0 Å². The third-order valence-electron chi connectivity index (χ3n) is 3.78. The van der Waals surface area contributed by atoms with Crippen molar-refractivity contribution in [2.75, 3.05) is 13.2 Å². The van der Waals surface area contributed by atoms with Crippen molar-refractivity contribution in [3.8, 4) is 17.2 Å². The molecule has 0 atom stereocenters.